The first kappa shape index (κ1) is 15.4. The number of aryl methyl sites for hydroxylation is 1. The maximum atomic E-state index is 12.1. The Morgan fingerprint density at radius 3 is 2.57 bits per heavy atom. The van der Waals surface area contributed by atoms with Gasteiger partial charge in [-0.2, -0.15) is 0 Å². The molecule has 0 unspecified atom stereocenters. The normalized spacial score (nSPS) is 10.5. The molecule has 0 aromatic carbocycles. The van der Waals surface area contributed by atoms with Crippen LogP contribution in [0.25, 0.3) is 0 Å². The predicted octanol–water partition coefficient (Wildman–Crippen LogP) is 2.84. The first-order valence-corrected chi connectivity index (χ1v) is 7.13. The lowest BCUT2D eigenvalue weighted by molar-refractivity contribution is 0.0474. The average Bonchev–Trinajstić information content (AvgIpc) is 2.72. The summed E-state index contributed by atoms with van der Waals surface area (Å²) in [6.45, 7) is 3.50. The molecule has 0 atom stereocenters. The molecular formula is C15H15BrN2O3. The Morgan fingerprint density at radius 2 is 2.00 bits per heavy atom. The lowest BCUT2D eigenvalue weighted by Gasteiger charge is -2.05. The first-order chi connectivity index (χ1) is 9.90. The van der Waals surface area contributed by atoms with Crippen molar-refractivity contribution in [2.75, 3.05) is 6.61 Å². The van der Waals surface area contributed by atoms with Gasteiger partial charge in [-0.05, 0) is 41.9 Å². The Hall–Kier alpha value is -1.95. The number of halogens is 1. The average molecular weight is 351 g/mol. The number of Topliss-reactive ketones (excluding diaryl/α,β-unsaturated/α-hetero) is 1. The van der Waals surface area contributed by atoms with Crippen LogP contribution in [-0.4, -0.2) is 27.9 Å². The number of nitrogens with zero attached hydrogens (tertiary/aromatic N) is 2. The van der Waals surface area contributed by atoms with Crippen LogP contribution in [0.5, 0.6) is 0 Å². The van der Waals surface area contributed by atoms with Gasteiger partial charge in [0.15, 0.2) is 6.61 Å². The van der Waals surface area contributed by atoms with Gasteiger partial charge >= 0.3 is 5.97 Å². The number of ketones is 1. The molecule has 0 saturated heterocycles. The molecule has 0 spiro atoms. The monoisotopic (exact) mass is 350 g/mol. The van der Waals surface area contributed by atoms with Gasteiger partial charge in [0.2, 0.25) is 5.78 Å². The molecule has 0 N–H and O–H groups in total. The van der Waals surface area contributed by atoms with Gasteiger partial charge in [0.1, 0.15) is 0 Å². The quantitative estimate of drug-likeness (QED) is 0.628. The van der Waals surface area contributed by atoms with Gasteiger partial charge in [0.25, 0.3) is 0 Å². The fraction of sp³-hybridized carbons (Fsp3) is 0.267. The summed E-state index contributed by atoms with van der Waals surface area (Å²) in [5.41, 5.74) is 2.73. The van der Waals surface area contributed by atoms with E-state index in [0.717, 1.165) is 11.4 Å². The molecule has 0 bridgehead atoms. The number of hydrogen-bond donors (Lipinski definition) is 0. The van der Waals surface area contributed by atoms with E-state index in [2.05, 4.69) is 20.9 Å². The Balaban J connectivity index is 2.04. The summed E-state index contributed by atoms with van der Waals surface area (Å²) < 4.78 is 7.65. The van der Waals surface area contributed by atoms with Crippen molar-refractivity contribution in [2.45, 2.75) is 13.8 Å². The summed E-state index contributed by atoms with van der Waals surface area (Å²) in [7, 11) is 1.89. The molecule has 0 amide bonds. The van der Waals surface area contributed by atoms with Crippen molar-refractivity contribution in [1.29, 1.82) is 0 Å². The predicted molar refractivity (Wildman–Crippen MR) is 81.4 cm³/mol. The smallest absolute Gasteiger partial charge is 0.340 e. The Kier molecular flexibility index (Phi) is 4.57. The van der Waals surface area contributed by atoms with Gasteiger partial charge in [0.05, 0.1) is 5.56 Å². The van der Waals surface area contributed by atoms with E-state index in [1.807, 2.05) is 25.5 Å². The molecule has 2 aromatic heterocycles. The van der Waals surface area contributed by atoms with E-state index < -0.39 is 5.97 Å². The Bertz CT molecular complexity index is 707. The van der Waals surface area contributed by atoms with Crippen LogP contribution in [0.4, 0.5) is 0 Å². The van der Waals surface area contributed by atoms with Crippen molar-refractivity contribution in [3.8, 4) is 0 Å². The second-order valence-electron chi connectivity index (χ2n) is 4.73. The van der Waals surface area contributed by atoms with E-state index in [1.54, 1.807) is 18.3 Å². The minimum Gasteiger partial charge on any atom is -0.454 e. The third-order valence-corrected chi connectivity index (χ3v) is 3.78. The van der Waals surface area contributed by atoms with Gasteiger partial charge in [0, 0.05) is 40.9 Å². The summed E-state index contributed by atoms with van der Waals surface area (Å²) in [6.07, 6.45) is 2.97. The van der Waals surface area contributed by atoms with E-state index in [1.165, 1.54) is 6.20 Å². The van der Waals surface area contributed by atoms with Crippen LogP contribution < -0.4 is 0 Å². The van der Waals surface area contributed by atoms with Gasteiger partial charge in [-0.15, -0.1) is 0 Å². The van der Waals surface area contributed by atoms with E-state index in [0.29, 0.717) is 15.6 Å². The van der Waals surface area contributed by atoms with E-state index in [9.17, 15) is 9.59 Å². The zero-order valence-electron chi connectivity index (χ0n) is 12.0. The Labute approximate surface area is 131 Å². The number of ether oxygens (including phenoxy) is 1. The van der Waals surface area contributed by atoms with Crippen molar-refractivity contribution in [2.24, 2.45) is 7.05 Å². The molecule has 2 rings (SSSR count). The molecule has 0 aliphatic rings. The van der Waals surface area contributed by atoms with Gasteiger partial charge < -0.3 is 9.30 Å². The van der Waals surface area contributed by atoms with Gasteiger partial charge in [-0.3, -0.25) is 9.78 Å². The summed E-state index contributed by atoms with van der Waals surface area (Å²) in [4.78, 5) is 27.9. The molecule has 6 heteroatoms. The number of carbonyl (C=O) groups is 2. The van der Waals surface area contributed by atoms with Crippen LogP contribution in [-0.2, 0) is 11.8 Å². The zero-order chi connectivity index (χ0) is 15.6. The molecule has 2 aromatic rings. The van der Waals surface area contributed by atoms with Crippen LogP contribution in [0.3, 0.4) is 0 Å². The number of carbonyl (C=O) groups excluding carboxylic acids is 2. The number of pyridine rings is 1. The molecule has 0 fully saturated rings. The van der Waals surface area contributed by atoms with E-state index in [4.69, 9.17) is 4.74 Å². The number of esters is 1. The number of hydrogen-bond acceptors (Lipinski definition) is 4. The highest BCUT2D eigenvalue weighted by Gasteiger charge is 2.16. The second-order valence-corrected chi connectivity index (χ2v) is 5.65. The highest BCUT2D eigenvalue weighted by molar-refractivity contribution is 9.10. The standard InChI is InChI=1S/C15H15BrN2O3/c1-9-4-13(10(2)18(9)3)14(19)8-21-15(20)11-5-12(16)7-17-6-11/h4-7H,8H2,1-3H3. The Morgan fingerprint density at radius 1 is 1.29 bits per heavy atom. The summed E-state index contributed by atoms with van der Waals surface area (Å²) in [6, 6.07) is 3.39. The first-order valence-electron chi connectivity index (χ1n) is 6.34. The van der Waals surface area contributed by atoms with Crippen LogP contribution in [0, 0.1) is 13.8 Å². The van der Waals surface area contributed by atoms with E-state index in [-0.39, 0.29) is 12.4 Å². The topological polar surface area (TPSA) is 61.2 Å². The largest absolute Gasteiger partial charge is 0.454 e. The minimum atomic E-state index is -0.567. The van der Waals surface area contributed by atoms with Gasteiger partial charge in [-0.1, -0.05) is 0 Å². The molecule has 0 aliphatic heterocycles. The zero-order valence-corrected chi connectivity index (χ0v) is 13.6. The molecule has 0 aliphatic carbocycles. The van der Waals surface area contributed by atoms with Crippen LogP contribution in [0.1, 0.15) is 32.1 Å². The maximum absolute atomic E-state index is 12.1. The summed E-state index contributed by atoms with van der Waals surface area (Å²) >= 11 is 3.23. The van der Waals surface area contributed by atoms with Crippen LogP contribution in [0.15, 0.2) is 29.0 Å². The molecular weight excluding hydrogens is 336 g/mol. The highest BCUT2D eigenvalue weighted by Crippen LogP contribution is 2.15. The van der Waals surface area contributed by atoms with Crippen LogP contribution >= 0.6 is 15.9 Å². The third-order valence-electron chi connectivity index (χ3n) is 3.35. The molecule has 110 valence electrons. The van der Waals surface area contributed by atoms with Crippen LogP contribution in [0.2, 0.25) is 0 Å². The van der Waals surface area contributed by atoms with Crippen molar-refractivity contribution in [3.05, 3.63) is 51.5 Å². The van der Waals surface area contributed by atoms with Crippen molar-refractivity contribution in [1.82, 2.24) is 9.55 Å². The summed E-state index contributed by atoms with van der Waals surface area (Å²) in [5, 5.41) is 0. The molecule has 0 radical (unpaired) electrons. The SMILES string of the molecule is Cc1cc(C(=O)COC(=O)c2cncc(Br)c2)c(C)n1C. The van der Waals surface area contributed by atoms with Crippen molar-refractivity contribution >= 4 is 27.7 Å². The minimum absolute atomic E-state index is 0.215. The molecule has 0 saturated carbocycles. The van der Waals surface area contributed by atoms with Gasteiger partial charge in [-0.25, -0.2) is 4.79 Å². The lowest BCUT2D eigenvalue weighted by atomic mass is 10.1. The maximum Gasteiger partial charge on any atom is 0.340 e. The fourth-order valence-corrected chi connectivity index (χ4v) is 2.32. The summed E-state index contributed by atoms with van der Waals surface area (Å²) in [5.74, 6) is -0.782. The number of aromatic nitrogens is 2. The lowest BCUT2D eigenvalue weighted by Crippen LogP contribution is -2.15. The van der Waals surface area contributed by atoms with E-state index >= 15 is 0 Å². The number of rotatable bonds is 4. The molecule has 2 heterocycles. The molecule has 5 nitrogen and oxygen atoms in total. The van der Waals surface area contributed by atoms with Crippen molar-refractivity contribution in [3.63, 3.8) is 0 Å². The second kappa shape index (κ2) is 6.22. The molecule has 21 heavy (non-hydrogen) atoms. The highest BCUT2D eigenvalue weighted by atomic mass is 79.9. The fourth-order valence-electron chi connectivity index (χ4n) is 1.95. The van der Waals surface area contributed by atoms with Crippen molar-refractivity contribution < 1.29 is 14.3 Å². The third kappa shape index (κ3) is 3.39.